The van der Waals surface area contributed by atoms with Crippen LogP contribution < -0.4 is 0 Å². The molecule has 0 aliphatic heterocycles. The molecule has 64 valence electrons. The van der Waals surface area contributed by atoms with E-state index in [1.807, 2.05) is 0 Å². The van der Waals surface area contributed by atoms with E-state index in [-0.39, 0.29) is 18.1 Å². The summed E-state index contributed by atoms with van der Waals surface area (Å²) < 4.78 is 21.8. The molecule has 0 aliphatic rings. The number of azide groups is 1. The molecule has 5 nitrogen and oxygen atoms in total. The predicted octanol–water partition coefficient (Wildman–Crippen LogP) is 1.12. The number of hydrogen-bond donors (Lipinski definition) is 0. The predicted molar refractivity (Wildman–Crippen MR) is 43.0 cm³/mol. The highest BCUT2D eigenvalue weighted by molar-refractivity contribution is 7.91. The molecule has 0 aliphatic carbocycles. The van der Waals surface area contributed by atoms with Gasteiger partial charge in [-0.3, -0.25) is 0 Å². The van der Waals surface area contributed by atoms with Crippen LogP contribution in [-0.4, -0.2) is 26.5 Å². The number of rotatable bonds is 5. The zero-order valence-corrected chi connectivity index (χ0v) is 7.21. The van der Waals surface area contributed by atoms with Crippen molar-refractivity contribution in [3.05, 3.63) is 10.4 Å². The SMILES string of the molecule is CCCS(=O)(=O)CCN=[N+]=[N-]. The first kappa shape index (κ1) is 10.3. The quantitative estimate of drug-likeness (QED) is 0.358. The summed E-state index contributed by atoms with van der Waals surface area (Å²) in [6.07, 6.45) is 0.610. The molecule has 0 aromatic heterocycles. The monoisotopic (exact) mass is 177 g/mol. The van der Waals surface area contributed by atoms with Crippen LogP contribution >= 0.6 is 0 Å². The molecule has 0 aromatic rings. The average Bonchev–Trinajstić information content (AvgIpc) is 1.87. The summed E-state index contributed by atoms with van der Waals surface area (Å²) in [5.41, 5.74) is 7.86. The van der Waals surface area contributed by atoms with Crippen molar-refractivity contribution in [1.82, 2.24) is 0 Å². The lowest BCUT2D eigenvalue weighted by Gasteiger charge is -1.97. The molecule has 0 unspecified atom stereocenters. The zero-order chi connectivity index (χ0) is 8.74. The van der Waals surface area contributed by atoms with E-state index in [1.165, 1.54) is 0 Å². The number of sulfone groups is 1. The van der Waals surface area contributed by atoms with Gasteiger partial charge in [-0.25, -0.2) is 8.42 Å². The van der Waals surface area contributed by atoms with Gasteiger partial charge in [0.2, 0.25) is 0 Å². The van der Waals surface area contributed by atoms with Crippen molar-refractivity contribution in [3.63, 3.8) is 0 Å². The van der Waals surface area contributed by atoms with Crippen molar-refractivity contribution >= 4 is 9.84 Å². The Morgan fingerprint density at radius 1 is 1.45 bits per heavy atom. The van der Waals surface area contributed by atoms with Gasteiger partial charge < -0.3 is 0 Å². The Bertz CT molecular complexity index is 240. The van der Waals surface area contributed by atoms with E-state index < -0.39 is 9.84 Å². The van der Waals surface area contributed by atoms with Gasteiger partial charge in [-0.1, -0.05) is 12.0 Å². The number of nitrogens with zero attached hydrogens (tertiary/aromatic N) is 3. The lowest BCUT2D eigenvalue weighted by atomic mass is 10.6. The summed E-state index contributed by atoms with van der Waals surface area (Å²) in [7, 11) is -2.97. The molecule has 11 heavy (non-hydrogen) atoms. The Hall–Kier alpha value is -0.740. The van der Waals surface area contributed by atoms with E-state index in [2.05, 4.69) is 10.0 Å². The molecule has 0 saturated carbocycles. The second-order valence-electron chi connectivity index (χ2n) is 2.11. The first-order chi connectivity index (χ1) is 5.12. The van der Waals surface area contributed by atoms with Gasteiger partial charge in [0, 0.05) is 17.2 Å². The highest BCUT2D eigenvalue weighted by atomic mass is 32.2. The maximum atomic E-state index is 10.9. The highest BCUT2D eigenvalue weighted by Gasteiger charge is 2.06. The van der Waals surface area contributed by atoms with E-state index in [9.17, 15) is 8.42 Å². The van der Waals surface area contributed by atoms with Crippen LogP contribution in [-0.2, 0) is 9.84 Å². The molecular weight excluding hydrogens is 166 g/mol. The van der Waals surface area contributed by atoms with Crippen LogP contribution in [0, 0.1) is 0 Å². The van der Waals surface area contributed by atoms with Gasteiger partial charge >= 0.3 is 0 Å². The summed E-state index contributed by atoms with van der Waals surface area (Å²) in [5, 5.41) is 3.14. The summed E-state index contributed by atoms with van der Waals surface area (Å²) in [6.45, 7) is 1.84. The van der Waals surface area contributed by atoms with E-state index in [4.69, 9.17) is 5.53 Å². The van der Waals surface area contributed by atoms with Gasteiger partial charge in [-0.2, -0.15) is 0 Å². The van der Waals surface area contributed by atoms with Crippen LogP contribution in [0.4, 0.5) is 0 Å². The van der Waals surface area contributed by atoms with Crippen molar-refractivity contribution in [2.24, 2.45) is 5.11 Å². The van der Waals surface area contributed by atoms with Crippen molar-refractivity contribution < 1.29 is 8.42 Å². The molecule has 6 heteroatoms. The Morgan fingerprint density at radius 2 is 2.09 bits per heavy atom. The normalized spacial score (nSPS) is 10.6. The second kappa shape index (κ2) is 4.98. The summed E-state index contributed by atoms with van der Waals surface area (Å²) in [6, 6.07) is 0. The van der Waals surface area contributed by atoms with Crippen LogP contribution in [0.1, 0.15) is 13.3 Å². The number of hydrogen-bond acceptors (Lipinski definition) is 3. The lowest BCUT2D eigenvalue weighted by Crippen LogP contribution is -2.12. The first-order valence-electron chi connectivity index (χ1n) is 3.33. The Labute approximate surface area is 66.0 Å². The molecule has 0 fully saturated rings. The van der Waals surface area contributed by atoms with Gasteiger partial charge in [-0.15, -0.1) is 0 Å². The largest absolute Gasteiger partial charge is 0.229 e. The van der Waals surface area contributed by atoms with Crippen molar-refractivity contribution in [2.45, 2.75) is 13.3 Å². The van der Waals surface area contributed by atoms with E-state index >= 15 is 0 Å². The van der Waals surface area contributed by atoms with Gasteiger partial charge in [0.15, 0.2) is 0 Å². The lowest BCUT2D eigenvalue weighted by molar-refractivity contribution is 0.594. The third-order valence-electron chi connectivity index (χ3n) is 1.08. The zero-order valence-electron chi connectivity index (χ0n) is 6.39. The smallest absolute Gasteiger partial charge is 0.150 e. The van der Waals surface area contributed by atoms with Crippen molar-refractivity contribution in [3.8, 4) is 0 Å². The standard InChI is InChI=1S/C5H11N3O2S/c1-2-4-11(9,10)5-3-7-8-6/h2-5H2,1H3. The molecule has 0 amide bonds. The topological polar surface area (TPSA) is 82.9 Å². The Balaban J connectivity index is 3.83. The molecule has 0 atom stereocenters. The van der Waals surface area contributed by atoms with Crippen LogP contribution in [0.15, 0.2) is 5.11 Å². The van der Waals surface area contributed by atoms with E-state index in [0.717, 1.165) is 0 Å². The van der Waals surface area contributed by atoms with Crippen LogP contribution in [0.5, 0.6) is 0 Å². The Morgan fingerprint density at radius 3 is 2.55 bits per heavy atom. The van der Waals surface area contributed by atoms with E-state index in [1.54, 1.807) is 6.92 Å². The summed E-state index contributed by atoms with van der Waals surface area (Å²) in [5.74, 6) is 0.138. The second-order valence-corrected chi connectivity index (χ2v) is 4.41. The molecule has 0 rings (SSSR count). The average molecular weight is 177 g/mol. The molecule has 0 heterocycles. The van der Waals surface area contributed by atoms with Crippen LogP contribution in [0.3, 0.4) is 0 Å². The van der Waals surface area contributed by atoms with Gasteiger partial charge in [0.25, 0.3) is 0 Å². The molecule has 0 N–H and O–H groups in total. The molecule has 0 saturated heterocycles. The van der Waals surface area contributed by atoms with Crippen LogP contribution in [0.2, 0.25) is 0 Å². The fourth-order valence-corrected chi connectivity index (χ4v) is 1.82. The molecule has 0 radical (unpaired) electrons. The molecule has 0 bridgehead atoms. The molecular formula is C5H11N3O2S. The fourth-order valence-electron chi connectivity index (χ4n) is 0.638. The maximum Gasteiger partial charge on any atom is 0.150 e. The van der Waals surface area contributed by atoms with Gasteiger partial charge in [0.05, 0.1) is 5.75 Å². The third-order valence-corrected chi connectivity index (χ3v) is 2.92. The highest BCUT2D eigenvalue weighted by Crippen LogP contribution is 1.93. The maximum absolute atomic E-state index is 10.9. The first-order valence-corrected chi connectivity index (χ1v) is 5.16. The van der Waals surface area contributed by atoms with Crippen molar-refractivity contribution in [2.75, 3.05) is 18.1 Å². The molecule has 0 spiro atoms. The van der Waals surface area contributed by atoms with Gasteiger partial charge in [-0.05, 0) is 12.0 Å². The minimum Gasteiger partial charge on any atom is -0.229 e. The van der Waals surface area contributed by atoms with E-state index in [0.29, 0.717) is 6.42 Å². The Kier molecular flexibility index (Phi) is 4.65. The minimum atomic E-state index is -2.97. The van der Waals surface area contributed by atoms with Crippen molar-refractivity contribution in [1.29, 1.82) is 0 Å². The van der Waals surface area contributed by atoms with Crippen LogP contribution in [0.25, 0.3) is 10.4 Å². The minimum absolute atomic E-state index is 0.0368. The van der Waals surface area contributed by atoms with Gasteiger partial charge in [0.1, 0.15) is 9.84 Å². The third kappa shape index (κ3) is 5.69. The molecule has 0 aromatic carbocycles. The summed E-state index contributed by atoms with van der Waals surface area (Å²) >= 11 is 0. The fraction of sp³-hybridized carbons (Fsp3) is 1.00. The summed E-state index contributed by atoms with van der Waals surface area (Å²) in [4.78, 5) is 2.46.